The van der Waals surface area contributed by atoms with Crippen LogP contribution in [0, 0.1) is 0 Å². The maximum absolute atomic E-state index is 12.8. The zero-order valence-electron chi connectivity index (χ0n) is 17.1. The quantitative estimate of drug-likeness (QED) is 0.646. The van der Waals surface area contributed by atoms with Gasteiger partial charge in [0.1, 0.15) is 6.54 Å². The lowest BCUT2D eigenvalue weighted by Crippen LogP contribution is -2.90. The van der Waals surface area contributed by atoms with E-state index >= 15 is 0 Å². The van der Waals surface area contributed by atoms with Crippen molar-refractivity contribution in [1.29, 1.82) is 0 Å². The van der Waals surface area contributed by atoms with Gasteiger partial charge in [-0.05, 0) is 42.3 Å². The van der Waals surface area contributed by atoms with E-state index in [4.69, 9.17) is 18.9 Å². The number of carbonyl (C=O) groups excluding carboxylic acids is 2. The van der Waals surface area contributed by atoms with Crippen LogP contribution in [-0.4, -0.2) is 50.3 Å². The van der Waals surface area contributed by atoms with Crippen molar-refractivity contribution in [3.63, 3.8) is 0 Å². The zero-order valence-corrected chi connectivity index (χ0v) is 17.1. The topological polar surface area (TPSA) is 90.9 Å². The van der Waals surface area contributed by atoms with Gasteiger partial charge in [-0.25, -0.2) is 0 Å². The summed E-state index contributed by atoms with van der Waals surface area (Å²) in [6.45, 7) is 1.17. The summed E-state index contributed by atoms with van der Waals surface area (Å²) in [4.78, 5) is 26.5. The maximum atomic E-state index is 12.8. The molecule has 1 fully saturated rings. The van der Waals surface area contributed by atoms with Crippen LogP contribution in [0.4, 0.5) is 0 Å². The number of methoxy groups -OCH3 is 2. The van der Waals surface area contributed by atoms with Gasteiger partial charge in [0.05, 0.1) is 20.6 Å². The molecule has 4 rings (SSSR count). The zero-order chi connectivity index (χ0) is 21.1. The highest BCUT2D eigenvalue weighted by Gasteiger charge is 2.40. The lowest BCUT2D eigenvalue weighted by Gasteiger charge is -2.15. The number of benzene rings is 2. The Labute approximate surface area is 174 Å². The number of amides is 2. The minimum atomic E-state index is -0.395. The molecule has 8 nitrogen and oxygen atoms in total. The van der Waals surface area contributed by atoms with E-state index in [2.05, 4.69) is 0 Å². The third kappa shape index (κ3) is 4.04. The summed E-state index contributed by atoms with van der Waals surface area (Å²) >= 11 is 0. The molecule has 2 aliphatic rings. The second-order valence-corrected chi connectivity index (χ2v) is 7.26. The summed E-state index contributed by atoms with van der Waals surface area (Å²) in [6.07, 6.45) is 0.780. The van der Waals surface area contributed by atoms with E-state index in [9.17, 15) is 9.59 Å². The Hall–Kier alpha value is -3.26. The van der Waals surface area contributed by atoms with E-state index in [-0.39, 0.29) is 25.0 Å². The molecule has 1 atom stereocenters. The van der Waals surface area contributed by atoms with Gasteiger partial charge in [0, 0.05) is 12.1 Å². The average Bonchev–Trinajstić information content (AvgIpc) is 3.34. The number of hydrogen-bond donors (Lipinski definition) is 1. The molecular weight excluding hydrogens is 388 g/mol. The van der Waals surface area contributed by atoms with Crippen molar-refractivity contribution in [1.82, 2.24) is 4.90 Å². The first kappa shape index (κ1) is 20.0. The van der Waals surface area contributed by atoms with E-state index < -0.39 is 6.04 Å². The number of hydrogen-bond acceptors (Lipinski definition) is 6. The fraction of sp³-hybridized carbons (Fsp3) is 0.364. The average molecular weight is 413 g/mol. The standard InChI is InChI=1S/C22H24N2O6/c1-27-17-5-3-14(9-19(17)28-2)7-8-24-21(25)11-16(22(24)26)23-12-15-4-6-18-20(10-15)30-13-29-18/h3-6,9-10,16,23H,7-8,11-13H2,1-2H3/p+1/t16-/m0/s1. The highest BCUT2D eigenvalue weighted by Crippen LogP contribution is 2.32. The van der Waals surface area contributed by atoms with Crippen molar-refractivity contribution in [3.8, 4) is 23.0 Å². The molecule has 8 heteroatoms. The fourth-order valence-corrected chi connectivity index (χ4v) is 3.75. The SMILES string of the molecule is COc1ccc(CCN2C(=O)C[C@H]([NH2+]Cc3ccc4c(c3)OCO4)C2=O)cc1OC. The van der Waals surface area contributed by atoms with Crippen molar-refractivity contribution in [3.05, 3.63) is 47.5 Å². The van der Waals surface area contributed by atoms with E-state index in [0.29, 0.717) is 36.8 Å². The van der Waals surface area contributed by atoms with Gasteiger partial charge >= 0.3 is 0 Å². The second-order valence-electron chi connectivity index (χ2n) is 7.26. The van der Waals surface area contributed by atoms with Gasteiger partial charge in [-0.15, -0.1) is 0 Å². The Morgan fingerprint density at radius 1 is 1.00 bits per heavy atom. The normalized spacial score (nSPS) is 17.5. The van der Waals surface area contributed by atoms with Crippen LogP contribution < -0.4 is 24.3 Å². The van der Waals surface area contributed by atoms with Crippen LogP contribution in [0.1, 0.15) is 17.5 Å². The molecule has 0 spiro atoms. The lowest BCUT2D eigenvalue weighted by molar-refractivity contribution is -0.690. The minimum absolute atomic E-state index is 0.132. The summed E-state index contributed by atoms with van der Waals surface area (Å²) in [5.74, 6) is 2.45. The monoisotopic (exact) mass is 413 g/mol. The first-order valence-corrected chi connectivity index (χ1v) is 9.86. The molecule has 30 heavy (non-hydrogen) atoms. The van der Waals surface area contributed by atoms with Gasteiger partial charge in [0.25, 0.3) is 5.91 Å². The van der Waals surface area contributed by atoms with Crippen molar-refractivity contribution in [2.75, 3.05) is 27.6 Å². The molecule has 1 saturated heterocycles. The molecule has 2 aromatic rings. The van der Waals surface area contributed by atoms with Crippen LogP contribution in [0.15, 0.2) is 36.4 Å². The van der Waals surface area contributed by atoms with Crippen LogP contribution in [0.2, 0.25) is 0 Å². The van der Waals surface area contributed by atoms with Crippen LogP contribution in [0.3, 0.4) is 0 Å². The first-order chi connectivity index (χ1) is 14.6. The largest absolute Gasteiger partial charge is 0.493 e. The molecule has 2 heterocycles. The molecule has 2 amide bonds. The van der Waals surface area contributed by atoms with Crippen LogP contribution in [0.5, 0.6) is 23.0 Å². The maximum Gasteiger partial charge on any atom is 0.287 e. The number of likely N-dealkylation sites (tertiary alicyclic amines) is 1. The molecule has 0 unspecified atom stereocenters. The Kier molecular flexibility index (Phi) is 5.76. The van der Waals surface area contributed by atoms with Crippen LogP contribution in [-0.2, 0) is 22.6 Å². The smallest absolute Gasteiger partial charge is 0.287 e. The number of nitrogens with zero attached hydrogens (tertiary/aromatic N) is 1. The highest BCUT2D eigenvalue weighted by atomic mass is 16.7. The Morgan fingerprint density at radius 3 is 2.57 bits per heavy atom. The summed E-state index contributed by atoms with van der Waals surface area (Å²) in [5.41, 5.74) is 1.99. The van der Waals surface area contributed by atoms with Crippen LogP contribution in [0.25, 0.3) is 0 Å². The highest BCUT2D eigenvalue weighted by molar-refractivity contribution is 6.04. The molecule has 158 valence electrons. The summed E-state index contributed by atoms with van der Waals surface area (Å²) in [7, 11) is 3.16. The van der Waals surface area contributed by atoms with Crippen molar-refractivity contribution >= 4 is 11.8 Å². The predicted octanol–water partition coefficient (Wildman–Crippen LogP) is 0.866. The van der Waals surface area contributed by atoms with Gasteiger partial charge in [-0.1, -0.05) is 6.07 Å². The van der Waals surface area contributed by atoms with Crippen molar-refractivity contribution in [2.24, 2.45) is 0 Å². The van der Waals surface area contributed by atoms with Gasteiger partial charge in [-0.2, -0.15) is 0 Å². The molecular formula is C22H25N2O6+. The Balaban J connectivity index is 1.33. The van der Waals surface area contributed by atoms with E-state index in [1.165, 1.54) is 4.90 Å². The Bertz CT molecular complexity index is 961. The van der Waals surface area contributed by atoms with Crippen molar-refractivity contribution < 1.29 is 33.9 Å². The summed E-state index contributed by atoms with van der Waals surface area (Å²) < 4.78 is 21.3. The molecule has 0 aliphatic carbocycles. The van der Waals surface area contributed by atoms with E-state index in [1.807, 2.05) is 41.7 Å². The first-order valence-electron chi connectivity index (χ1n) is 9.86. The summed E-state index contributed by atoms with van der Waals surface area (Å²) in [5, 5.41) is 1.91. The number of rotatable bonds is 8. The molecule has 0 saturated carbocycles. The fourth-order valence-electron chi connectivity index (χ4n) is 3.75. The van der Waals surface area contributed by atoms with Crippen molar-refractivity contribution in [2.45, 2.75) is 25.4 Å². The number of ether oxygens (including phenoxy) is 4. The number of nitrogens with two attached hydrogens (primary N) is 1. The number of fused-ring (bicyclic) bond motifs is 1. The molecule has 2 aromatic carbocycles. The second kappa shape index (κ2) is 8.62. The van der Waals surface area contributed by atoms with E-state index in [0.717, 1.165) is 16.9 Å². The molecule has 0 bridgehead atoms. The molecule has 0 radical (unpaired) electrons. The Morgan fingerprint density at radius 2 is 1.77 bits per heavy atom. The minimum Gasteiger partial charge on any atom is -0.493 e. The number of quaternary nitrogens is 1. The number of imide groups is 1. The van der Waals surface area contributed by atoms with Crippen LogP contribution >= 0.6 is 0 Å². The lowest BCUT2D eigenvalue weighted by atomic mass is 10.1. The predicted molar refractivity (Wildman–Crippen MR) is 107 cm³/mol. The third-order valence-corrected chi connectivity index (χ3v) is 5.43. The molecule has 2 N–H and O–H groups in total. The van der Waals surface area contributed by atoms with Gasteiger partial charge in [0.2, 0.25) is 12.7 Å². The van der Waals surface area contributed by atoms with Gasteiger partial charge < -0.3 is 24.3 Å². The summed E-state index contributed by atoms with van der Waals surface area (Å²) in [6, 6.07) is 10.9. The molecule has 0 aromatic heterocycles. The molecule has 2 aliphatic heterocycles. The number of carbonyl (C=O) groups is 2. The van der Waals surface area contributed by atoms with Gasteiger partial charge in [-0.3, -0.25) is 14.5 Å². The third-order valence-electron chi connectivity index (χ3n) is 5.43. The van der Waals surface area contributed by atoms with E-state index in [1.54, 1.807) is 14.2 Å². The van der Waals surface area contributed by atoms with Gasteiger partial charge in [0.15, 0.2) is 29.0 Å².